The van der Waals surface area contributed by atoms with E-state index in [0.717, 1.165) is 6.07 Å². The smallest absolute Gasteiger partial charge is 0.265 e. The van der Waals surface area contributed by atoms with Gasteiger partial charge in [-0.15, -0.1) is 0 Å². The minimum atomic E-state index is -4.29. The summed E-state index contributed by atoms with van der Waals surface area (Å²) >= 11 is 9.16. The van der Waals surface area contributed by atoms with Gasteiger partial charge in [-0.2, -0.15) is 0 Å². The van der Waals surface area contributed by atoms with E-state index in [4.69, 9.17) is 11.6 Å². The van der Waals surface area contributed by atoms with Crippen LogP contribution in [-0.4, -0.2) is 29.5 Å². The molecule has 0 saturated heterocycles. The first-order valence-electron chi connectivity index (χ1n) is 8.39. The second kappa shape index (κ2) is 8.90. The average Bonchev–Trinajstić information content (AvgIpc) is 2.71. The second-order valence-corrected chi connectivity index (χ2v) is 9.07. The van der Waals surface area contributed by atoms with Gasteiger partial charge in [0.1, 0.15) is 10.6 Å². The molecule has 3 rings (SSSR count). The molecule has 1 aromatic heterocycles. The molecule has 0 unspecified atom stereocenters. The number of halogens is 2. The number of phenols is 2. The molecular weight excluding hydrogens is 498 g/mol. The van der Waals surface area contributed by atoms with Gasteiger partial charge in [-0.05, 0) is 42.5 Å². The number of sulfonamides is 1. The number of carbonyl (C=O) groups is 1. The molecule has 0 bridgehead atoms. The third-order valence-electron chi connectivity index (χ3n) is 3.93. The molecule has 4 N–H and O–H groups in total. The van der Waals surface area contributed by atoms with E-state index in [1.54, 1.807) is 24.4 Å². The van der Waals surface area contributed by atoms with E-state index in [2.05, 4.69) is 31.0 Å². The number of rotatable bonds is 6. The van der Waals surface area contributed by atoms with Crippen LogP contribution in [0.4, 0.5) is 5.69 Å². The molecule has 1 amide bonds. The Morgan fingerprint density at radius 1 is 1.13 bits per heavy atom. The highest BCUT2D eigenvalue weighted by Crippen LogP contribution is 2.35. The lowest BCUT2D eigenvalue weighted by molar-refractivity contribution is 0.0948. The zero-order valence-electron chi connectivity index (χ0n) is 15.1. The van der Waals surface area contributed by atoms with Gasteiger partial charge >= 0.3 is 0 Å². The van der Waals surface area contributed by atoms with Crippen LogP contribution in [0.5, 0.6) is 11.5 Å². The second-order valence-electron chi connectivity index (χ2n) is 6.07. The van der Waals surface area contributed by atoms with Crippen LogP contribution < -0.4 is 10.0 Å². The third kappa shape index (κ3) is 5.02. The molecule has 3 aromatic rings. The predicted molar refractivity (Wildman–Crippen MR) is 115 cm³/mol. The lowest BCUT2D eigenvalue weighted by atomic mass is 10.1. The predicted octanol–water partition coefficient (Wildman–Crippen LogP) is 3.64. The van der Waals surface area contributed by atoms with Gasteiger partial charge in [0.15, 0.2) is 5.75 Å². The van der Waals surface area contributed by atoms with Crippen molar-refractivity contribution in [2.45, 2.75) is 11.4 Å². The van der Waals surface area contributed by atoms with E-state index in [0.29, 0.717) is 10.2 Å². The van der Waals surface area contributed by atoms with Crippen molar-refractivity contribution in [3.63, 3.8) is 0 Å². The van der Waals surface area contributed by atoms with E-state index >= 15 is 0 Å². The summed E-state index contributed by atoms with van der Waals surface area (Å²) < 4.78 is 27.9. The number of phenolic OH excluding ortho intramolecular Hbond substituents is 2. The Morgan fingerprint density at radius 2 is 1.90 bits per heavy atom. The highest BCUT2D eigenvalue weighted by atomic mass is 79.9. The van der Waals surface area contributed by atoms with E-state index in [-0.39, 0.29) is 22.8 Å². The molecule has 0 spiro atoms. The number of aromatic hydroxyl groups is 2. The molecule has 11 heteroatoms. The highest BCUT2D eigenvalue weighted by Gasteiger charge is 2.23. The van der Waals surface area contributed by atoms with Gasteiger partial charge in [-0.3, -0.25) is 14.5 Å². The lowest BCUT2D eigenvalue weighted by Crippen LogP contribution is -2.24. The van der Waals surface area contributed by atoms with Crippen LogP contribution in [0.3, 0.4) is 0 Å². The van der Waals surface area contributed by atoms with Crippen molar-refractivity contribution in [3.8, 4) is 11.5 Å². The highest BCUT2D eigenvalue weighted by molar-refractivity contribution is 9.10. The van der Waals surface area contributed by atoms with Gasteiger partial charge in [-0.25, -0.2) is 8.42 Å². The third-order valence-corrected chi connectivity index (χ3v) is 6.04. The molecular formula is C19H15BrClN3O5S. The topological polar surface area (TPSA) is 129 Å². The zero-order valence-corrected chi connectivity index (χ0v) is 18.3. The number of carbonyl (C=O) groups excluding carboxylic acids is 1. The Hall–Kier alpha value is -2.82. The molecule has 0 aliphatic carbocycles. The molecule has 8 nitrogen and oxygen atoms in total. The molecule has 0 fully saturated rings. The summed E-state index contributed by atoms with van der Waals surface area (Å²) in [5, 5.41) is 23.0. The Bertz CT molecular complexity index is 1210. The Labute approximate surface area is 185 Å². The normalized spacial score (nSPS) is 11.1. The first-order valence-corrected chi connectivity index (χ1v) is 11.0. The number of amides is 1. The fourth-order valence-corrected chi connectivity index (χ4v) is 4.43. The molecule has 0 atom stereocenters. The molecule has 2 aromatic carbocycles. The van der Waals surface area contributed by atoms with Crippen molar-refractivity contribution in [2.75, 3.05) is 4.72 Å². The summed E-state index contributed by atoms with van der Waals surface area (Å²) in [5.74, 6) is -1.78. The Kier molecular flexibility index (Phi) is 6.49. The number of hydrogen-bond acceptors (Lipinski definition) is 6. The maximum absolute atomic E-state index is 12.7. The van der Waals surface area contributed by atoms with Gasteiger partial charge in [0.25, 0.3) is 15.9 Å². The molecule has 0 radical (unpaired) electrons. The number of anilines is 1. The van der Waals surface area contributed by atoms with Gasteiger partial charge in [0.2, 0.25) is 0 Å². The molecule has 30 heavy (non-hydrogen) atoms. The number of benzene rings is 2. The van der Waals surface area contributed by atoms with Crippen molar-refractivity contribution in [3.05, 3.63) is 75.5 Å². The molecule has 156 valence electrons. The summed E-state index contributed by atoms with van der Waals surface area (Å²) in [6.07, 6.45) is 1.57. The molecule has 1 heterocycles. The van der Waals surface area contributed by atoms with E-state index < -0.39 is 32.3 Å². The zero-order chi connectivity index (χ0) is 21.9. The summed E-state index contributed by atoms with van der Waals surface area (Å²) in [6, 6.07) is 11.4. The fraction of sp³-hybridized carbons (Fsp3) is 0.0526. The SMILES string of the molecule is O=C(NCc1ccccn1)c1cc(Cl)cc(NS(=O)(=O)c2cc(Br)ccc2O)c1O. The first kappa shape index (κ1) is 21.9. The lowest BCUT2D eigenvalue weighted by Gasteiger charge is -2.14. The average molecular weight is 513 g/mol. The summed E-state index contributed by atoms with van der Waals surface area (Å²) in [7, 11) is -4.29. The summed E-state index contributed by atoms with van der Waals surface area (Å²) in [6.45, 7) is 0.0958. The number of hydrogen-bond donors (Lipinski definition) is 4. The van der Waals surface area contributed by atoms with E-state index in [9.17, 15) is 23.4 Å². The van der Waals surface area contributed by atoms with E-state index in [1.165, 1.54) is 24.3 Å². The van der Waals surface area contributed by atoms with Crippen molar-refractivity contribution >= 4 is 49.1 Å². The van der Waals surface area contributed by atoms with Gasteiger partial charge in [0.05, 0.1) is 23.5 Å². The minimum Gasteiger partial charge on any atom is -0.507 e. The van der Waals surface area contributed by atoms with Crippen LogP contribution in [0, 0.1) is 0 Å². The molecule has 0 saturated carbocycles. The minimum absolute atomic E-state index is 0.0203. The largest absolute Gasteiger partial charge is 0.507 e. The number of pyridine rings is 1. The maximum atomic E-state index is 12.7. The number of nitrogens with one attached hydrogen (secondary N) is 2. The first-order chi connectivity index (χ1) is 14.2. The Morgan fingerprint density at radius 3 is 2.60 bits per heavy atom. The van der Waals surface area contributed by atoms with Crippen LogP contribution in [0.1, 0.15) is 16.1 Å². The summed E-state index contributed by atoms with van der Waals surface area (Å²) in [4.78, 5) is 16.2. The standard InChI is InChI=1S/C19H15BrClN3O5S/c20-11-4-5-16(25)17(7-11)30(28,29)24-15-9-12(21)8-14(18(15)26)19(27)23-10-13-3-1-2-6-22-13/h1-9,24-26H,10H2,(H,23,27). The Balaban J connectivity index is 1.89. The van der Waals surface area contributed by atoms with Crippen LogP contribution in [0.15, 0.2) is 64.1 Å². The van der Waals surface area contributed by atoms with Crippen molar-refractivity contribution < 1.29 is 23.4 Å². The molecule has 0 aliphatic rings. The van der Waals surface area contributed by atoms with E-state index in [1.807, 2.05) is 0 Å². The summed E-state index contributed by atoms with van der Waals surface area (Å²) in [5.41, 5.74) is 0.0536. The van der Waals surface area contributed by atoms with Crippen LogP contribution >= 0.6 is 27.5 Å². The quantitative estimate of drug-likeness (QED) is 0.373. The monoisotopic (exact) mass is 511 g/mol. The fourth-order valence-electron chi connectivity index (χ4n) is 2.52. The van der Waals surface area contributed by atoms with Crippen molar-refractivity contribution in [1.82, 2.24) is 10.3 Å². The van der Waals surface area contributed by atoms with Crippen LogP contribution in [-0.2, 0) is 16.6 Å². The molecule has 0 aliphatic heterocycles. The van der Waals surface area contributed by atoms with Crippen LogP contribution in [0.2, 0.25) is 5.02 Å². The number of aromatic nitrogens is 1. The van der Waals surface area contributed by atoms with Crippen LogP contribution in [0.25, 0.3) is 0 Å². The number of nitrogens with zero attached hydrogens (tertiary/aromatic N) is 1. The van der Waals surface area contributed by atoms with Gasteiger partial charge in [-0.1, -0.05) is 33.6 Å². The van der Waals surface area contributed by atoms with Crippen molar-refractivity contribution in [2.24, 2.45) is 0 Å². The van der Waals surface area contributed by atoms with Gasteiger partial charge < -0.3 is 15.5 Å². The van der Waals surface area contributed by atoms with Gasteiger partial charge in [0, 0.05) is 15.7 Å². The van der Waals surface area contributed by atoms with Crippen molar-refractivity contribution in [1.29, 1.82) is 0 Å². The maximum Gasteiger partial charge on any atom is 0.265 e.